The number of amides is 1. The molecule has 0 radical (unpaired) electrons. The predicted octanol–water partition coefficient (Wildman–Crippen LogP) is 4.16. The van der Waals surface area contributed by atoms with E-state index < -0.39 is 0 Å². The lowest BCUT2D eigenvalue weighted by atomic mass is 9.88. The summed E-state index contributed by atoms with van der Waals surface area (Å²) in [6, 6.07) is 15.0. The summed E-state index contributed by atoms with van der Waals surface area (Å²) in [5.74, 6) is 3.18. The van der Waals surface area contributed by atoms with Crippen LogP contribution in [0.25, 0.3) is 0 Å². The van der Waals surface area contributed by atoms with Crippen LogP contribution in [0.5, 0.6) is 0 Å². The summed E-state index contributed by atoms with van der Waals surface area (Å²) in [5, 5.41) is 9.02. The highest BCUT2D eigenvalue weighted by atomic mass is 16.2. The van der Waals surface area contributed by atoms with Crippen LogP contribution in [-0.2, 0) is 11.2 Å². The molecule has 3 aliphatic heterocycles. The first-order valence-corrected chi connectivity index (χ1v) is 12.9. The van der Waals surface area contributed by atoms with Gasteiger partial charge in [0.2, 0.25) is 5.91 Å². The number of piperidine rings is 3. The first kappa shape index (κ1) is 22.2. The standard InChI is InChI=1S/C27H37N5O/c33-27(32-17-11-23(12-18-32)21-22-7-3-1-4-8-22)24-13-19-31(20-14-24)26-10-9-25(28-29-26)30-15-5-2-6-16-30/h1,3-4,7-10,23-24H,2,5-6,11-21H2. The van der Waals surface area contributed by atoms with E-state index in [9.17, 15) is 4.79 Å². The van der Waals surface area contributed by atoms with Crippen molar-refractivity contribution in [1.82, 2.24) is 15.1 Å². The third-order valence-corrected chi connectivity index (χ3v) is 7.78. The molecule has 0 spiro atoms. The number of rotatable bonds is 5. The third kappa shape index (κ3) is 5.48. The molecule has 3 aliphatic rings. The second-order valence-electron chi connectivity index (χ2n) is 10.0. The molecule has 3 fully saturated rings. The Morgan fingerprint density at radius 1 is 0.727 bits per heavy atom. The van der Waals surface area contributed by atoms with E-state index in [4.69, 9.17) is 0 Å². The number of likely N-dealkylation sites (tertiary alicyclic amines) is 1. The van der Waals surface area contributed by atoms with Crippen LogP contribution in [0, 0.1) is 11.8 Å². The second kappa shape index (κ2) is 10.5. The first-order valence-electron chi connectivity index (χ1n) is 12.9. The van der Waals surface area contributed by atoms with Crippen molar-refractivity contribution in [3.63, 3.8) is 0 Å². The van der Waals surface area contributed by atoms with Crippen molar-refractivity contribution < 1.29 is 4.79 Å². The molecule has 1 amide bonds. The van der Waals surface area contributed by atoms with Gasteiger partial charge in [-0.25, -0.2) is 0 Å². The quantitative estimate of drug-likeness (QED) is 0.689. The Bertz CT molecular complexity index is 880. The smallest absolute Gasteiger partial charge is 0.225 e. The van der Waals surface area contributed by atoms with Gasteiger partial charge in [-0.15, -0.1) is 10.2 Å². The highest BCUT2D eigenvalue weighted by molar-refractivity contribution is 5.79. The van der Waals surface area contributed by atoms with Crippen LogP contribution in [0.2, 0.25) is 0 Å². The van der Waals surface area contributed by atoms with Crippen molar-refractivity contribution in [3.05, 3.63) is 48.0 Å². The zero-order chi connectivity index (χ0) is 22.5. The van der Waals surface area contributed by atoms with Crippen LogP contribution in [0.1, 0.15) is 50.5 Å². The Kier molecular flexibility index (Phi) is 7.08. The molecule has 2 aromatic rings. The van der Waals surface area contributed by atoms with Crippen LogP contribution in [0.3, 0.4) is 0 Å². The number of hydrogen-bond donors (Lipinski definition) is 0. The summed E-state index contributed by atoms with van der Waals surface area (Å²) in [5.41, 5.74) is 1.42. The molecule has 0 atom stereocenters. The maximum absolute atomic E-state index is 13.2. The van der Waals surface area contributed by atoms with Gasteiger partial charge in [0.15, 0.2) is 11.6 Å². The maximum Gasteiger partial charge on any atom is 0.225 e. The highest BCUT2D eigenvalue weighted by Crippen LogP contribution is 2.27. The average molecular weight is 448 g/mol. The first-order chi connectivity index (χ1) is 16.3. The van der Waals surface area contributed by atoms with Gasteiger partial charge in [0.25, 0.3) is 0 Å². The molecule has 33 heavy (non-hydrogen) atoms. The summed E-state index contributed by atoms with van der Waals surface area (Å²) < 4.78 is 0. The van der Waals surface area contributed by atoms with Crippen molar-refractivity contribution in [3.8, 4) is 0 Å². The molecule has 6 nitrogen and oxygen atoms in total. The van der Waals surface area contributed by atoms with Crippen molar-refractivity contribution in [2.45, 2.75) is 51.4 Å². The molecule has 1 aromatic heterocycles. The van der Waals surface area contributed by atoms with E-state index >= 15 is 0 Å². The molecule has 4 heterocycles. The Hall–Kier alpha value is -2.63. The molecule has 0 saturated carbocycles. The van der Waals surface area contributed by atoms with Crippen molar-refractivity contribution in [2.75, 3.05) is 49.1 Å². The Morgan fingerprint density at radius 2 is 1.33 bits per heavy atom. The normalized spacial score (nSPS) is 20.8. The molecule has 0 unspecified atom stereocenters. The fraction of sp³-hybridized carbons (Fsp3) is 0.593. The minimum absolute atomic E-state index is 0.160. The van der Waals surface area contributed by atoms with E-state index in [0.717, 1.165) is 83.0 Å². The fourth-order valence-electron chi connectivity index (χ4n) is 5.70. The summed E-state index contributed by atoms with van der Waals surface area (Å²) in [4.78, 5) is 19.9. The second-order valence-corrected chi connectivity index (χ2v) is 10.0. The van der Waals surface area contributed by atoms with Gasteiger partial charge in [-0.05, 0) is 75.0 Å². The van der Waals surface area contributed by atoms with Crippen molar-refractivity contribution >= 4 is 17.5 Å². The van der Waals surface area contributed by atoms with Gasteiger partial charge in [0.1, 0.15) is 0 Å². The molecule has 0 N–H and O–H groups in total. The number of aromatic nitrogens is 2. The van der Waals surface area contributed by atoms with Crippen LogP contribution in [0.4, 0.5) is 11.6 Å². The highest BCUT2D eigenvalue weighted by Gasteiger charge is 2.31. The van der Waals surface area contributed by atoms with Crippen LogP contribution in [0.15, 0.2) is 42.5 Å². The number of carbonyl (C=O) groups is 1. The van der Waals surface area contributed by atoms with Crippen molar-refractivity contribution in [1.29, 1.82) is 0 Å². The van der Waals surface area contributed by atoms with Gasteiger partial charge in [-0.3, -0.25) is 4.79 Å². The van der Waals surface area contributed by atoms with Gasteiger partial charge in [0.05, 0.1) is 0 Å². The van der Waals surface area contributed by atoms with E-state index in [0.29, 0.717) is 11.8 Å². The molecule has 176 valence electrons. The third-order valence-electron chi connectivity index (χ3n) is 7.78. The minimum Gasteiger partial charge on any atom is -0.355 e. The molecule has 1 aromatic carbocycles. The van der Waals surface area contributed by atoms with Crippen LogP contribution in [-0.4, -0.2) is 60.3 Å². The summed E-state index contributed by atoms with van der Waals surface area (Å²) >= 11 is 0. The zero-order valence-electron chi connectivity index (χ0n) is 19.7. The summed E-state index contributed by atoms with van der Waals surface area (Å²) in [6.45, 7) is 5.78. The zero-order valence-corrected chi connectivity index (χ0v) is 19.7. The molecule has 0 aliphatic carbocycles. The number of nitrogens with zero attached hydrogens (tertiary/aromatic N) is 5. The van der Waals surface area contributed by atoms with Gasteiger partial charge < -0.3 is 14.7 Å². The Balaban J connectivity index is 1.07. The number of carbonyl (C=O) groups excluding carboxylic acids is 1. The van der Waals surface area contributed by atoms with Gasteiger partial charge >= 0.3 is 0 Å². The van der Waals surface area contributed by atoms with E-state index in [1.165, 1.54) is 24.8 Å². The number of hydrogen-bond acceptors (Lipinski definition) is 5. The van der Waals surface area contributed by atoms with E-state index in [1.54, 1.807) is 0 Å². The van der Waals surface area contributed by atoms with Gasteiger partial charge in [-0.2, -0.15) is 0 Å². The fourth-order valence-corrected chi connectivity index (χ4v) is 5.70. The lowest BCUT2D eigenvalue weighted by Crippen LogP contribution is -2.45. The van der Waals surface area contributed by atoms with E-state index in [-0.39, 0.29) is 5.92 Å². The SMILES string of the molecule is O=C(C1CCN(c2ccc(N3CCCCC3)nn2)CC1)N1CCC(Cc2ccccc2)CC1. The minimum atomic E-state index is 0.160. The van der Waals surface area contributed by atoms with Gasteiger partial charge in [0, 0.05) is 45.2 Å². The largest absolute Gasteiger partial charge is 0.355 e. The van der Waals surface area contributed by atoms with Gasteiger partial charge in [-0.1, -0.05) is 30.3 Å². The summed E-state index contributed by atoms with van der Waals surface area (Å²) in [6.07, 6.45) is 9.03. The molecule has 3 saturated heterocycles. The van der Waals surface area contributed by atoms with E-state index in [1.807, 2.05) is 0 Å². The molecular weight excluding hydrogens is 410 g/mol. The van der Waals surface area contributed by atoms with Crippen LogP contribution < -0.4 is 9.80 Å². The number of benzene rings is 1. The topological polar surface area (TPSA) is 52.6 Å². The van der Waals surface area contributed by atoms with Crippen molar-refractivity contribution in [2.24, 2.45) is 11.8 Å². The maximum atomic E-state index is 13.2. The molecule has 0 bridgehead atoms. The predicted molar refractivity (Wildman–Crippen MR) is 132 cm³/mol. The lowest BCUT2D eigenvalue weighted by Gasteiger charge is -2.37. The van der Waals surface area contributed by atoms with E-state index in [2.05, 4.69) is 67.4 Å². The number of anilines is 2. The molecule has 6 heteroatoms. The average Bonchev–Trinajstić information content (AvgIpc) is 2.90. The van der Waals surface area contributed by atoms with Crippen LogP contribution >= 0.6 is 0 Å². The Labute approximate surface area is 198 Å². The monoisotopic (exact) mass is 447 g/mol. The lowest BCUT2D eigenvalue weighted by molar-refractivity contribution is -0.137. The summed E-state index contributed by atoms with van der Waals surface area (Å²) in [7, 11) is 0. The Morgan fingerprint density at radius 3 is 1.94 bits per heavy atom. The molecular formula is C27H37N5O. The molecule has 5 rings (SSSR count).